The minimum atomic E-state index is -0.362. The maximum atomic E-state index is 13.4. The molecule has 1 saturated heterocycles. The van der Waals surface area contributed by atoms with Crippen LogP contribution < -0.4 is 0 Å². The second-order valence-corrected chi connectivity index (χ2v) is 7.19. The van der Waals surface area contributed by atoms with Crippen LogP contribution in [0.15, 0.2) is 18.2 Å². The molecule has 1 N–H and O–H groups in total. The van der Waals surface area contributed by atoms with E-state index in [2.05, 4.69) is 25.7 Å². The van der Waals surface area contributed by atoms with Gasteiger partial charge in [-0.3, -0.25) is 9.69 Å². The Labute approximate surface area is 137 Å². The van der Waals surface area contributed by atoms with Gasteiger partial charge < -0.3 is 10.0 Å². The third-order valence-electron chi connectivity index (χ3n) is 5.20. The zero-order valence-corrected chi connectivity index (χ0v) is 14.6. The van der Waals surface area contributed by atoms with E-state index in [1.54, 1.807) is 24.9 Å². The Kier molecular flexibility index (Phi) is 5.11. The second kappa shape index (κ2) is 6.57. The Bertz CT molecular complexity index is 584. The van der Waals surface area contributed by atoms with Gasteiger partial charge in [-0.15, -0.1) is 0 Å². The summed E-state index contributed by atoms with van der Waals surface area (Å²) in [4.78, 5) is 16.8. The van der Waals surface area contributed by atoms with Crippen LogP contribution in [0.3, 0.4) is 0 Å². The predicted molar refractivity (Wildman–Crippen MR) is 88.9 cm³/mol. The fraction of sp³-hybridized carbons (Fsp3) is 0.611. The van der Waals surface area contributed by atoms with Gasteiger partial charge in [0.25, 0.3) is 5.91 Å². The Morgan fingerprint density at radius 2 is 2.09 bits per heavy atom. The molecule has 1 heterocycles. The van der Waals surface area contributed by atoms with Crippen molar-refractivity contribution in [2.75, 3.05) is 26.7 Å². The molecular weight excluding hydrogens is 295 g/mol. The Morgan fingerprint density at radius 1 is 1.48 bits per heavy atom. The summed E-state index contributed by atoms with van der Waals surface area (Å²) in [6.07, 6.45) is -0.257. The van der Waals surface area contributed by atoms with Crippen molar-refractivity contribution in [3.8, 4) is 0 Å². The molecule has 0 aromatic heterocycles. The highest BCUT2D eigenvalue weighted by atomic mass is 19.1. The Balaban J connectivity index is 2.20. The third kappa shape index (κ3) is 3.56. The number of hydrogen-bond acceptors (Lipinski definition) is 3. The molecule has 1 aromatic carbocycles. The molecule has 1 unspecified atom stereocenters. The molecule has 1 fully saturated rings. The molecule has 0 bridgehead atoms. The van der Waals surface area contributed by atoms with Crippen LogP contribution >= 0.6 is 0 Å². The van der Waals surface area contributed by atoms with E-state index in [9.17, 15) is 14.3 Å². The lowest BCUT2D eigenvalue weighted by atomic mass is 9.84. The number of aliphatic hydroxyl groups is 1. The lowest BCUT2D eigenvalue weighted by Crippen LogP contribution is -2.62. The summed E-state index contributed by atoms with van der Waals surface area (Å²) in [5.41, 5.74) is 0.614. The van der Waals surface area contributed by atoms with Crippen molar-refractivity contribution < 1.29 is 14.3 Å². The first-order valence-electron chi connectivity index (χ1n) is 8.10. The van der Waals surface area contributed by atoms with Gasteiger partial charge in [0.1, 0.15) is 5.82 Å². The largest absolute Gasteiger partial charge is 0.390 e. The summed E-state index contributed by atoms with van der Waals surface area (Å²) < 4.78 is 13.4. The number of likely N-dealkylation sites (N-methyl/N-ethyl adjacent to an activating group) is 1. The van der Waals surface area contributed by atoms with Gasteiger partial charge in [0, 0.05) is 32.2 Å². The number of rotatable bonds is 5. The van der Waals surface area contributed by atoms with Crippen LogP contribution in [0.1, 0.15) is 36.7 Å². The molecule has 0 saturated carbocycles. The first-order valence-corrected chi connectivity index (χ1v) is 8.10. The van der Waals surface area contributed by atoms with Crippen molar-refractivity contribution in [2.24, 2.45) is 5.92 Å². The van der Waals surface area contributed by atoms with Crippen LogP contribution in [0.4, 0.5) is 4.39 Å². The summed E-state index contributed by atoms with van der Waals surface area (Å²) >= 11 is 0. The van der Waals surface area contributed by atoms with Gasteiger partial charge in [0.2, 0.25) is 0 Å². The molecule has 4 nitrogen and oxygen atoms in total. The standard InChI is InChI=1S/C18H27FN2O2/c1-12(2)18(4,11-21-9-15(22)10-21)20(5)17(23)14-6-7-16(19)13(3)8-14/h6-8,12,15,22H,9-11H2,1-5H3. The number of carbonyl (C=O) groups excluding carboxylic acids is 1. The summed E-state index contributed by atoms with van der Waals surface area (Å²) in [5, 5.41) is 9.48. The van der Waals surface area contributed by atoms with Gasteiger partial charge in [-0.2, -0.15) is 0 Å². The normalized spacial score (nSPS) is 18.6. The number of nitrogens with zero attached hydrogens (tertiary/aromatic N) is 2. The highest BCUT2D eigenvalue weighted by Crippen LogP contribution is 2.28. The SMILES string of the molecule is Cc1cc(C(=O)N(C)C(C)(CN2CC(O)C2)C(C)C)ccc1F. The molecule has 5 heteroatoms. The molecular formula is C18H27FN2O2. The summed E-state index contributed by atoms with van der Waals surface area (Å²) in [7, 11) is 1.80. The molecule has 1 aromatic rings. The van der Waals surface area contributed by atoms with Crippen molar-refractivity contribution in [3.05, 3.63) is 35.1 Å². The van der Waals surface area contributed by atoms with Gasteiger partial charge in [-0.05, 0) is 43.5 Å². The van der Waals surface area contributed by atoms with Crippen LogP contribution in [-0.2, 0) is 0 Å². The van der Waals surface area contributed by atoms with Gasteiger partial charge in [-0.25, -0.2) is 4.39 Å². The second-order valence-electron chi connectivity index (χ2n) is 7.19. The molecule has 0 spiro atoms. The predicted octanol–water partition coefficient (Wildman–Crippen LogP) is 2.30. The van der Waals surface area contributed by atoms with Crippen molar-refractivity contribution in [3.63, 3.8) is 0 Å². The molecule has 1 amide bonds. The molecule has 128 valence electrons. The number of benzene rings is 1. The fourth-order valence-electron chi connectivity index (χ4n) is 3.00. The van der Waals surface area contributed by atoms with E-state index in [-0.39, 0.29) is 29.3 Å². The van der Waals surface area contributed by atoms with E-state index in [1.807, 2.05) is 0 Å². The van der Waals surface area contributed by atoms with Gasteiger partial charge >= 0.3 is 0 Å². The number of β-amino-alcohol motifs (C(OH)–C–C–N with tert-alkyl or cyclic N) is 1. The number of aliphatic hydroxyl groups excluding tert-OH is 1. The van der Waals surface area contributed by atoms with Crippen LogP contribution in [0.2, 0.25) is 0 Å². The summed E-state index contributed by atoms with van der Waals surface area (Å²) in [5.74, 6) is -0.161. The zero-order valence-electron chi connectivity index (χ0n) is 14.6. The minimum Gasteiger partial charge on any atom is -0.390 e. The monoisotopic (exact) mass is 322 g/mol. The molecule has 23 heavy (non-hydrogen) atoms. The number of carbonyl (C=O) groups is 1. The van der Waals surface area contributed by atoms with Gasteiger partial charge in [0.05, 0.1) is 11.6 Å². The van der Waals surface area contributed by atoms with Crippen molar-refractivity contribution in [1.82, 2.24) is 9.80 Å². The maximum Gasteiger partial charge on any atom is 0.254 e. The fourth-order valence-corrected chi connectivity index (χ4v) is 3.00. The minimum absolute atomic E-state index is 0.106. The number of halogens is 1. The third-order valence-corrected chi connectivity index (χ3v) is 5.20. The van der Waals surface area contributed by atoms with Gasteiger partial charge in [0.15, 0.2) is 0 Å². The van der Waals surface area contributed by atoms with E-state index in [1.165, 1.54) is 12.1 Å². The van der Waals surface area contributed by atoms with Crippen molar-refractivity contribution in [2.45, 2.75) is 39.3 Å². The van der Waals surface area contributed by atoms with Crippen molar-refractivity contribution in [1.29, 1.82) is 0 Å². The lowest BCUT2D eigenvalue weighted by Gasteiger charge is -2.48. The summed E-state index contributed by atoms with van der Waals surface area (Å²) in [6, 6.07) is 4.48. The van der Waals surface area contributed by atoms with E-state index in [0.29, 0.717) is 30.8 Å². The number of likely N-dealkylation sites (tertiary alicyclic amines) is 1. The highest BCUT2D eigenvalue weighted by Gasteiger charge is 2.40. The van der Waals surface area contributed by atoms with E-state index in [4.69, 9.17) is 0 Å². The van der Waals surface area contributed by atoms with Gasteiger partial charge in [-0.1, -0.05) is 13.8 Å². The van der Waals surface area contributed by atoms with Crippen LogP contribution in [-0.4, -0.2) is 59.1 Å². The molecule has 1 aliphatic rings. The van der Waals surface area contributed by atoms with E-state index in [0.717, 1.165) is 0 Å². The smallest absolute Gasteiger partial charge is 0.254 e. The van der Waals surface area contributed by atoms with Crippen LogP contribution in [0.5, 0.6) is 0 Å². The molecule has 0 radical (unpaired) electrons. The topological polar surface area (TPSA) is 43.8 Å². The van der Waals surface area contributed by atoms with Crippen molar-refractivity contribution >= 4 is 5.91 Å². The number of aryl methyl sites for hydroxylation is 1. The number of amides is 1. The maximum absolute atomic E-state index is 13.4. The molecule has 0 aliphatic carbocycles. The van der Waals surface area contributed by atoms with E-state index < -0.39 is 0 Å². The van der Waals surface area contributed by atoms with Crippen LogP contribution in [0, 0.1) is 18.7 Å². The van der Waals surface area contributed by atoms with E-state index >= 15 is 0 Å². The average molecular weight is 322 g/mol. The van der Waals surface area contributed by atoms with Crippen LogP contribution in [0.25, 0.3) is 0 Å². The first kappa shape index (κ1) is 17.9. The Morgan fingerprint density at radius 3 is 2.57 bits per heavy atom. The lowest BCUT2D eigenvalue weighted by molar-refractivity contribution is -0.0369. The first-order chi connectivity index (χ1) is 10.6. The quantitative estimate of drug-likeness (QED) is 0.904. The number of hydrogen-bond donors (Lipinski definition) is 1. The highest BCUT2D eigenvalue weighted by molar-refractivity contribution is 5.94. The average Bonchev–Trinajstić information content (AvgIpc) is 2.46. The zero-order chi connectivity index (χ0) is 17.4. The summed E-state index contributed by atoms with van der Waals surface area (Å²) in [6.45, 7) is 9.93. The molecule has 2 rings (SSSR count). The Hall–Kier alpha value is -1.46. The molecule has 1 atom stereocenters. The molecule has 1 aliphatic heterocycles.